The predicted octanol–water partition coefficient (Wildman–Crippen LogP) is 1.56. The van der Waals surface area contributed by atoms with Gasteiger partial charge in [-0.2, -0.15) is 0 Å². The monoisotopic (exact) mass is 319 g/mol. The van der Waals surface area contributed by atoms with E-state index in [1.165, 1.54) is 16.0 Å². The van der Waals surface area contributed by atoms with Crippen molar-refractivity contribution in [1.29, 1.82) is 0 Å². The lowest BCUT2D eigenvalue weighted by atomic mass is 9.99. The zero-order valence-electron chi connectivity index (χ0n) is 14.0. The summed E-state index contributed by atoms with van der Waals surface area (Å²) in [5.74, 6) is 0.186. The third-order valence-electron chi connectivity index (χ3n) is 4.04. The number of carbonyl (C=O) groups excluding carboxylic acids is 2. The summed E-state index contributed by atoms with van der Waals surface area (Å²) in [6.45, 7) is 6.13. The molecule has 2 rings (SSSR count). The van der Waals surface area contributed by atoms with Crippen molar-refractivity contribution >= 4 is 11.9 Å². The van der Waals surface area contributed by atoms with Gasteiger partial charge in [-0.25, -0.2) is 4.79 Å². The van der Waals surface area contributed by atoms with Gasteiger partial charge >= 0.3 is 6.03 Å². The molecule has 23 heavy (non-hydrogen) atoms. The van der Waals surface area contributed by atoms with E-state index in [1.807, 2.05) is 6.07 Å². The first-order chi connectivity index (χ1) is 11.0. The first-order valence-corrected chi connectivity index (χ1v) is 7.87. The summed E-state index contributed by atoms with van der Waals surface area (Å²) >= 11 is 0. The molecule has 1 aliphatic rings. The minimum absolute atomic E-state index is 0.0380. The molecule has 0 saturated carbocycles. The van der Waals surface area contributed by atoms with E-state index in [-0.39, 0.29) is 24.4 Å². The molecule has 6 nitrogen and oxygen atoms in total. The van der Waals surface area contributed by atoms with E-state index in [1.54, 1.807) is 12.0 Å². The molecule has 126 valence electrons. The zero-order chi connectivity index (χ0) is 16.8. The molecule has 0 unspecified atom stereocenters. The minimum Gasteiger partial charge on any atom is -0.383 e. The summed E-state index contributed by atoms with van der Waals surface area (Å²) in [7, 11) is 1.59. The average molecular weight is 319 g/mol. The van der Waals surface area contributed by atoms with Crippen LogP contribution in [0.5, 0.6) is 0 Å². The van der Waals surface area contributed by atoms with Crippen molar-refractivity contribution in [3.8, 4) is 0 Å². The van der Waals surface area contributed by atoms with Crippen molar-refractivity contribution in [3.05, 3.63) is 35.4 Å². The van der Waals surface area contributed by atoms with Crippen LogP contribution in [0.1, 0.15) is 24.0 Å². The van der Waals surface area contributed by atoms with E-state index >= 15 is 0 Å². The van der Waals surface area contributed by atoms with E-state index in [0.29, 0.717) is 26.4 Å². The molecule has 6 heteroatoms. The maximum atomic E-state index is 12.2. The number of aryl methyl sites for hydroxylation is 1. The van der Waals surface area contributed by atoms with Gasteiger partial charge in [0.25, 0.3) is 0 Å². The second kappa shape index (κ2) is 7.97. The highest BCUT2D eigenvalue weighted by molar-refractivity contribution is 5.87. The van der Waals surface area contributed by atoms with Crippen LogP contribution in [-0.2, 0) is 9.53 Å². The summed E-state index contributed by atoms with van der Waals surface area (Å²) in [5.41, 5.74) is 2.41. The summed E-state index contributed by atoms with van der Waals surface area (Å²) in [6, 6.07) is 8.07. The first-order valence-electron chi connectivity index (χ1n) is 7.87. The van der Waals surface area contributed by atoms with Crippen LogP contribution in [0.15, 0.2) is 24.3 Å². The van der Waals surface area contributed by atoms with Gasteiger partial charge in [-0.15, -0.1) is 0 Å². The molecular weight excluding hydrogens is 294 g/mol. The van der Waals surface area contributed by atoms with Crippen molar-refractivity contribution in [3.63, 3.8) is 0 Å². The highest BCUT2D eigenvalue weighted by Crippen LogP contribution is 2.15. The summed E-state index contributed by atoms with van der Waals surface area (Å²) in [6.07, 6.45) is 0. The van der Waals surface area contributed by atoms with Gasteiger partial charge in [0.1, 0.15) is 6.54 Å². The molecule has 1 atom stereocenters. The Morgan fingerprint density at radius 1 is 1.43 bits per heavy atom. The number of ether oxygens (including phenoxy) is 1. The number of nitrogens with zero attached hydrogens (tertiary/aromatic N) is 2. The van der Waals surface area contributed by atoms with Crippen LogP contribution in [0.4, 0.5) is 4.79 Å². The summed E-state index contributed by atoms with van der Waals surface area (Å²) in [4.78, 5) is 27.2. The Balaban J connectivity index is 1.82. The molecule has 1 fully saturated rings. The molecule has 1 heterocycles. The zero-order valence-corrected chi connectivity index (χ0v) is 14.0. The molecule has 0 spiro atoms. The smallest absolute Gasteiger partial charge is 0.319 e. The Kier molecular flexibility index (Phi) is 5.98. The number of rotatable bonds is 6. The third-order valence-corrected chi connectivity index (χ3v) is 4.04. The number of methoxy groups -OCH3 is 1. The van der Waals surface area contributed by atoms with Crippen molar-refractivity contribution < 1.29 is 14.3 Å². The van der Waals surface area contributed by atoms with Gasteiger partial charge in [-0.05, 0) is 18.4 Å². The Morgan fingerprint density at radius 2 is 2.22 bits per heavy atom. The van der Waals surface area contributed by atoms with Gasteiger partial charge in [-0.1, -0.05) is 36.8 Å². The predicted molar refractivity (Wildman–Crippen MR) is 88.2 cm³/mol. The summed E-state index contributed by atoms with van der Waals surface area (Å²) < 4.78 is 4.97. The minimum atomic E-state index is -0.197. The maximum absolute atomic E-state index is 12.2. The fraction of sp³-hybridized carbons (Fsp3) is 0.529. The number of hydrogen-bond donors (Lipinski definition) is 1. The molecule has 1 aromatic rings. The van der Waals surface area contributed by atoms with Gasteiger partial charge in [0, 0.05) is 20.2 Å². The molecule has 1 aromatic carbocycles. The molecule has 0 aliphatic carbocycles. The molecule has 0 bridgehead atoms. The van der Waals surface area contributed by atoms with E-state index in [9.17, 15) is 9.59 Å². The lowest BCUT2D eigenvalue weighted by Gasteiger charge is -2.20. The van der Waals surface area contributed by atoms with E-state index in [4.69, 9.17) is 4.74 Å². The van der Waals surface area contributed by atoms with Gasteiger partial charge in [0.2, 0.25) is 5.91 Å². The van der Waals surface area contributed by atoms with Gasteiger partial charge < -0.3 is 15.0 Å². The molecule has 1 saturated heterocycles. The fourth-order valence-electron chi connectivity index (χ4n) is 2.58. The van der Waals surface area contributed by atoms with Crippen LogP contribution in [0.2, 0.25) is 0 Å². The van der Waals surface area contributed by atoms with Crippen molar-refractivity contribution in [2.75, 3.05) is 40.0 Å². The van der Waals surface area contributed by atoms with Gasteiger partial charge in [-0.3, -0.25) is 9.69 Å². The van der Waals surface area contributed by atoms with E-state index in [0.717, 1.165) is 0 Å². The number of amides is 3. The van der Waals surface area contributed by atoms with Crippen molar-refractivity contribution in [2.45, 2.75) is 19.8 Å². The van der Waals surface area contributed by atoms with Crippen LogP contribution in [0.3, 0.4) is 0 Å². The van der Waals surface area contributed by atoms with Crippen LogP contribution < -0.4 is 5.32 Å². The second-order valence-electron chi connectivity index (χ2n) is 5.99. The second-order valence-corrected chi connectivity index (χ2v) is 5.99. The number of carbonyl (C=O) groups is 2. The molecule has 1 N–H and O–H groups in total. The lowest BCUT2D eigenvalue weighted by molar-refractivity contribution is -0.127. The number of urea groups is 1. The largest absolute Gasteiger partial charge is 0.383 e. The normalized spacial score (nSPS) is 15.9. The van der Waals surface area contributed by atoms with Gasteiger partial charge in [0.05, 0.1) is 13.3 Å². The quantitative estimate of drug-likeness (QED) is 0.865. The Morgan fingerprint density at radius 3 is 2.91 bits per heavy atom. The number of hydrogen-bond acceptors (Lipinski definition) is 3. The Bertz CT molecular complexity index is 562. The average Bonchev–Trinajstić information content (AvgIpc) is 2.91. The standard InChI is InChI=1S/C17H25N3O3/c1-13-5-4-6-15(9-13)14(2)10-18-17(22)20-11-16(21)19(12-20)7-8-23-3/h4-6,9,14H,7-8,10-12H2,1-3H3,(H,18,22)/t14-/m0/s1. The van der Waals surface area contributed by atoms with Crippen LogP contribution in [0, 0.1) is 6.92 Å². The van der Waals surface area contributed by atoms with Crippen molar-refractivity contribution in [2.24, 2.45) is 0 Å². The van der Waals surface area contributed by atoms with E-state index in [2.05, 4.69) is 37.4 Å². The van der Waals surface area contributed by atoms with E-state index < -0.39 is 0 Å². The summed E-state index contributed by atoms with van der Waals surface area (Å²) in [5, 5.41) is 2.92. The lowest BCUT2D eigenvalue weighted by Crippen LogP contribution is -2.41. The molecule has 0 aromatic heterocycles. The molecule has 1 aliphatic heterocycles. The third kappa shape index (κ3) is 4.69. The first kappa shape index (κ1) is 17.3. The number of nitrogens with one attached hydrogen (secondary N) is 1. The van der Waals surface area contributed by atoms with Crippen molar-refractivity contribution in [1.82, 2.24) is 15.1 Å². The van der Waals surface area contributed by atoms with Gasteiger partial charge in [0.15, 0.2) is 0 Å². The highest BCUT2D eigenvalue weighted by atomic mass is 16.5. The Labute approximate surface area is 137 Å². The molecule has 3 amide bonds. The van der Waals surface area contributed by atoms with Crippen LogP contribution in [0.25, 0.3) is 0 Å². The Hall–Kier alpha value is -2.08. The van der Waals surface area contributed by atoms with Crippen LogP contribution >= 0.6 is 0 Å². The van der Waals surface area contributed by atoms with Crippen LogP contribution in [-0.4, -0.2) is 61.8 Å². The molecule has 0 radical (unpaired) electrons. The molecular formula is C17H25N3O3. The highest BCUT2D eigenvalue weighted by Gasteiger charge is 2.30. The number of benzene rings is 1. The maximum Gasteiger partial charge on any atom is 0.319 e. The SMILES string of the molecule is COCCN1CN(C(=O)NC[C@H](C)c2cccc(C)c2)CC1=O. The topological polar surface area (TPSA) is 61.9 Å². The fourth-order valence-corrected chi connectivity index (χ4v) is 2.58.